The number of unbranched alkanes of at least 4 members (excludes halogenated alkanes) is 1. The predicted molar refractivity (Wildman–Crippen MR) is 205 cm³/mol. The third kappa shape index (κ3) is 15.0. The van der Waals surface area contributed by atoms with E-state index in [1.165, 1.54) is 5.01 Å². The number of hydrogen-bond donors (Lipinski definition) is 4. The van der Waals surface area contributed by atoms with Gasteiger partial charge in [0.15, 0.2) is 6.29 Å². The van der Waals surface area contributed by atoms with E-state index in [1.54, 1.807) is 32.7 Å². The fourth-order valence-electron chi connectivity index (χ4n) is 5.76. The lowest BCUT2D eigenvalue weighted by atomic mass is 10.0. The van der Waals surface area contributed by atoms with Crippen LogP contribution in [0, 0.1) is 0 Å². The number of carbonyl (C=O) groups excluding carboxylic acids is 4. The first-order chi connectivity index (χ1) is 25.3. The molecule has 0 aliphatic heterocycles. The number of likely N-dealkylation sites (N-methyl/N-ethyl adjacent to an activating group) is 1. The lowest BCUT2D eigenvalue weighted by Crippen LogP contribution is -2.56. The van der Waals surface area contributed by atoms with Crippen molar-refractivity contribution in [3.8, 4) is 0 Å². The predicted octanol–water partition coefficient (Wildman–Crippen LogP) is 5.48. The van der Waals surface area contributed by atoms with Crippen LogP contribution in [0.3, 0.4) is 0 Å². The molecular formula is C40H58N6O7. The Morgan fingerprint density at radius 3 is 2.17 bits per heavy atom. The zero-order valence-electron chi connectivity index (χ0n) is 32.3. The second-order valence-electron chi connectivity index (χ2n) is 13.8. The molecule has 0 saturated carbocycles. The molecule has 4 N–H and O–H groups in total. The van der Waals surface area contributed by atoms with Gasteiger partial charge in [-0.05, 0) is 82.7 Å². The molecule has 0 aliphatic rings. The molecular weight excluding hydrogens is 676 g/mol. The van der Waals surface area contributed by atoms with Crippen molar-refractivity contribution in [1.82, 2.24) is 31.3 Å². The standard InChI is InChI=1S/C40H58N6O7/c1-8-51-37(52-9-2)29(3)46(27-32-22-17-21-31-20-13-14-23-33(31)32)36(48)34(24-15-16-25-41-39(50)53-40(4,5)6)43-35(47)28-45(7)44-38(49)42-26-30-18-11-10-12-19-30/h10-14,17-23,29,34,37H,8-9,15-16,24-28H2,1-7H3,(H,41,50)(H,43,47)(H2,42,44,49)/t29-,34-/m0/s1. The van der Waals surface area contributed by atoms with Gasteiger partial charge in [-0.2, -0.15) is 0 Å². The van der Waals surface area contributed by atoms with Gasteiger partial charge in [-0.25, -0.2) is 14.6 Å². The summed E-state index contributed by atoms with van der Waals surface area (Å²) in [6, 6.07) is 21.5. The van der Waals surface area contributed by atoms with Crippen molar-refractivity contribution in [3.63, 3.8) is 0 Å². The molecule has 5 amide bonds. The monoisotopic (exact) mass is 734 g/mol. The second kappa shape index (κ2) is 21.7. The summed E-state index contributed by atoms with van der Waals surface area (Å²) in [6.07, 6.45) is 0.126. The molecule has 0 saturated heterocycles. The van der Waals surface area contributed by atoms with E-state index >= 15 is 0 Å². The molecule has 0 aromatic heterocycles. The average Bonchev–Trinajstić information content (AvgIpc) is 3.11. The van der Waals surface area contributed by atoms with Crippen molar-refractivity contribution in [3.05, 3.63) is 83.9 Å². The van der Waals surface area contributed by atoms with Gasteiger partial charge in [0.1, 0.15) is 11.6 Å². The van der Waals surface area contributed by atoms with Gasteiger partial charge in [0.05, 0.1) is 12.6 Å². The molecule has 0 heterocycles. The Labute approximate surface area is 314 Å². The Balaban J connectivity index is 1.80. The van der Waals surface area contributed by atoms with Gasteiger partial charge in [-0.1, -0.05) is 72.8 Å². The summed E-state index contributed by atoms with van der Waals surface area (Å²) >= 11 is 0. The number of nitrogens with zero attached hydrogens (tertiary/aromatic N) is 2. The Kier molecular flexibility index (Phi) is 17.5. The Morgan fingerprint density at radius 2 is 1.49 bits per heavy atom. The molecule has 0 unspecified atom stereocenters. The average molecular weight is 735 g/mol. The van der Waals surface area contributed by atoms with E-state index in [-0.39, 0.29) is 19.0 Å². The van der Waals surface area contributed by atoms with E-state index in [0.29, 0.717) is 45.6 Å². The number of benzene rings is 3. The fraction of sp³-hybridized carbons (Fsp3) is 0.500. The van der Waals surface area contributed by atoms with Crippen LogP contribution in [0.4, 0.5) is 9.59 Å². The molecule has 13 heteroatoms. The Morgan fingerprint density at radius 1 is 0.830 bits per heavy atom. The minimum Gasteiger partial charge on any atom is -0.444 e. The molecule has 13 nitrogen and oxygen atoms in total. The fourth-order valence-corrected chi connectivity index (χ4v) is 5.76. The number of nitrogens with one attached hydrogen (secondary N) is 4. The number of hydrogen-bond acceptors (Lipinski definition) is 8. The normalized spacial score (nSPS) is 12.6. The minimum atomic E-state index is -0.925. The highest BCUT2D eigenvalue weighted by Crippen LogP contribution is 2.24. The van der Waals surface area contributed by atoms with Crippen molar-refractivity contribution < 1.29 is 33.4 Å². The molecule has 0 spiro atoms. The summed E-state index contributed by atoms with van der Waals surface area (Å²) in [4.78, 5) is 54.6. The van der Waals surface area contributed by atoms with E-state index in [2.05, 4.69) is 21.4 Å². The van der Waals surface area contributed by atoms with E-state index in [4.69, 9.17) is 14.2 Å². The van der Waals surface area contributed by atoms with E-state index in [9.17, 15) is 19.2 Å². The van der Waals surface area contributed by atoms with Gasteiger partial charge in [-0.3, -0.25) is 15.0 Å². The van der Waals surface area contributed by atoms with Crippen LogP contribution in [0.1, 0.15) is 71.9 Å². The van der Waals surface area contributed by atoms with Crippen LogP contribution in [0.15, 0.2) is 72.8 Å². The number of fused-ring (bicyclic) bond motifs is 1. The maximum Gasteiger partial charge on any atom is 0.407 e. The summed E-state index contributed by atoms with van der Waals surface area (Å²) in [6.45, 7) is 12.5. The number of carbonyl (C=O) groups is 4. The Bertz CT molecular complexity index is 1590. The van der Waals surface area contributed by atoms with Gasteiger partial charge in [0.2, 0.25) is 11.8 Å². The smallest absolute Gasteiger partial charge is 0.407 e. The zero-order valence-corrected chi connectivity index (χ0v) is 32.3. The van der Waals surface area contributed by atoms with Crippen LogP contribution >= 0.6 is 0 Å². The van der Waals surface area contributed by atoms with Crippen LogP contribution < -0.4 is 21.4 Å². The molecule has 2 atom stereocenters. The van der Waals surface area contributed by atoms with E-state index in [0.717, 1.165) is 21.9 Å². The molecule has 290 valence electrons. The largest absolute Gasteiger partial charge is 0.444 e. The summed E-state index contributed by atoms with van der Waals surface area (Å²) in [5.74, 6) is -0.760. The third-order valence-corrected chi connectivity index (χ3v) is 8.24. The van der Waals surface area contributed by atoms with Crippen molar-refractivity contribution >= 4 is 34.7 Å². The van der Waals surface area contributed by atoms with E-state index < -0.39 is 42.0 Å². The highest BCUT2D eigenvalue weighted by molar-refractivity contribution is 5.90. The topological polar surface area (TPSA) is 151 Å². The molecule has 3 aromatic rings. The summed E-state index contributed by atoms with van der Waals surface area (Å²) in [5, 5.41) is 11.9. The maximum absolute atomic E-state index is 14.7. The SMILES string of the molecule is CCOC(OCC)[C@H](C)N(Cc1cccc2ccccc12)C(=O)[C@H](CCCCNC(=O)OC(C)(C)C)NC(=O)CN(C)NC(=O)NCc1ccccc1. The summed E-state index contributed by atoms with van der Waals surface area (Å²) < 4.78 is 17.3. The number of amides is 5. The van der Waals surface area contributed by atoms with Crippen molar-refractivity contribution in [2.75, 3.05) is 33.4 Å². The highest BCUT2D eigenvalue weighted by Gasteiger charge is 2.34. The number of hydrazine groups is 1. The van der Waals surface area contributed by atoms with E-state index in [1.807, 2.05) is 93.6 Å². The first-order valence-electron chi connectivity index (χ1n) is 18.4. The lowest BCUT2D eigenvalue weighted by Gasteiger charge is -2.37. The molecule has 3 rings (SSSR count). The van der Waals surface area contributed by atoms with Crippen LogP contribution in [-0.2, 0) is 36.9 Å². The van der Waals surface area contributed by atoms with Crippen molar-refractivity contribution in [2.45, 2.75) is 97.9 Å². The molecule has 0 aliphatic carbocycles. The number of urea groups is 1. The van der Waals surface area contributed by atoms with Gasteiger partial charge in [0.25, 0.3) is 0 Å². The van der Waals surface area contributed by atoms with Gasteiger partial charge < -0.3 is 35.1 Å². The van der Waals surface area contributed by atoms with Crippen LogP contribution in [-0.4, -0.2) is 91.2 Å². The second-order valence-corrected chi connectivity index (χ2v) is 13.8. The van der Waals surface area contributed by atoms with Crippen molar-refractivity contribution in [2.24, 2.45) is 0 Å². The minimum absolute atomic E-state index is 0.206. The third-order valence-electron chi connectivity index (χ3n) is 8.24. The maximum atomic E-state index is 14.7. The molecule has 3 aromatic carbocycles. The van der Waals surface area contributed by atoms with Crippen molar-refractivity contribution in [1.29, 1.82) is 0 Å². The van der Waals surface area contributed by atoms with Crippen LogP contribution in [0.2, 0.25) is 0 Å². The first kappa shape index (κ1) is 42.7. The lowest BCUT2D eigenvalue weighted by molar-refractivity contribution is -0.179. The molecule has 53 heavy (non-hydrogen) atoms. The quantitative estimate of drug-likeness (QED) is 0.0677. The summed E-state index contributed by atoms with van der Waals surface area (Å²) in [5.41, 5.74) is 3.89. The van der Waals surface area contributed by atoms with Gasteiger partial charge in [-0.15, -0.1) is 0 Å². The number of ether oxygens (including phenoxy) is 3. The molecule has 0 fully saturated rings. The highest BCUT2D eigenvalue weighted by atomic mass is 16.7. The number of rotatable bonds is 20. The Hall–Kier alpha value is -4.72. The molecule has 0 bridgehead atoms. The van der Waals surface area contributed by atoms with Crippen LogP contribution in [0.5, 0.6) is 0 Å². The number of alkyl carbamates (subject to hydrolysis) is 1. The zero-order chi connectivity index (χ0) is 38.8. The van der Waals surface area contributed by atoms with Gasteiger partial charge >= 0.3 is 12.1 Å². The van der Waals surface area contributed by atoms with Crippen LogP contribution in [0.25, 0.3) is 10.8 Å². The molecule has 0 radical (unpaired) electrons. The summed E-state index contributed by atoms with van der Waals surface area (Å²) in [7, 11) is 1.57. The van der Waals surface area contributed by atoms with Gasteiger partial charge in [0, 0.05) is 39.9 Å². The first-order valence-corrected chi connectivity index (χ1v) is 18.4.